The molecule has 0 radical (unpaired) electrons. The zero-order valence-electron chi connectivity index (χ0n) is 22.9. The summed E-state index contributed by atoms with van der Waals surface area (Å²) in [7, 11) is 3.38. The lowest BCUT2D eigenvalue weighted by Gasteiger charge is -2.52. The standard InChI is InChI=1S/C31H39NO6/c1-19(33)37-25-11-8-21-9-12-30(35-3)27(14-21)28-15-22(10-13-31(28)36-4)29-18-26(38-20(2)34)17-24-7-5-6-23(16-25)32(24)29/h9-10,12-15,23-26,29H,5-8,11,16-18H2,1-4H3/t23-,24+,25+,26+,29+/m1/s1. The van der Waals surface area contributed by atoms with Crippen LogP contribution >= 0.6 is 0 Å². The second-order valence-corrected chi connectivity index (χ2v) is 10.9. The highest BCUT2D eigenvalue weighted by molar-refractivity contribution is 5.77. The first kappa shape index (κ1) is 26.5. The van der Waals surface area contributed by atoms with Gasteiger partial charge in [0.2, 0.25) is 0 Å². The Morgan fingerprint density at radius 1 is 0.763 bits per heavy atom. The van der Waals surface area contributed by atoms with Crippen LogP contribution in [0.25, 0.3) is 11.1 Å². The van der Waals surface area contributed by atoms with Crippen LogP contribution < -0.4 is 9.47 Å². The summed E-state index contributed by atoms with van der Waals surface area (Å²) >= 11 is 0. The van der Waals surface area contributed by atoms with E-state index in [2.05, 4.69) is 29.2 Å². The Labute approximate surface area is 225 Å². The van der Waals surface area contributed by atoms with Crippen molar-refractivity contribution in [1.29, 1.82) is 0 Å². The Morgan fingerprint density at radius 3 is 2.03 bits per heavy atom. The molecule has 204 valence electrons. The van der Waals surface area contributed by atoms with Gasteiger partial charge in [-0.25, -0.2) is 0 Å². The number of aryl methyl sites for hydroxylation is 1. The van der Waals surface area contributed by atoms with E-state index in [1.54, 1.807) is 14.2 Å². The predicted octanol–water partition coefficient (Wildman–Crippen LogP) is 5.63. The summed E-state index contributed by atoms with van der Waals surface area (Å²) in [6, 6.07) is 13.3. The number of hydrogen-bond acceptors (Lipinski definition) is 7. The molecule has 5 rings (SSSR count). The van der Waals surface area contributed by atoms with Crippen molar-refractivity contribution >= 4 is 11.9 Å². The summed E-state index contributed by atoms with van der Waals surface area (Å²) < 4.78 is 23.3. The number of carbonyl (C=O) groups is 2. The third kappa shape index (κ3) is 5.53. The summed E-state index contributed by atoms with van der Waals surface area (Å²) in [4.78, 5) is 26.7. The first-order valence-electron chi connectivity index (χ1n) is 13.8. The molecule has 7 nitrogen and oxygen atoms in total. The number of benzene rings is 2. The molecule has 2 fully saturated rings. The van der Waals surface area contributed by atoms with Gasteiger partial charge in [0.25, 0.3) is 0 Å². The van der Waals surface area contributed by atoms with Crippen molar-refractivity contribution in [1.82, 2.24) is 4.90 Å². The van der Waals surface area contributed by atoms with Crippen LogP contribution in [0.2, 0.25) is 0 Å². The van der Waals surface area contributed by atoms with E-state index in [1.165, 1.54) is 25.0 Å². The molecule has 0 saturated carbocycles. The Balaban J connectivity index is 1.66. The van der Waals surface area contributed by atoms with E-state index in [4.69, 9.17) is 18.9 Å². The lowest BCUT2D eigenvalue weighted by atomic mass is 9.80. The lowest BCUT2D eigenvalue weighted by Crippen LogP contribution is -2.55. The quantitative estimate of drug-likeness (QED) is 0.483. The fourth-order valence-electron chi connectivity index (χ4n) is 6.94. The Hall–Kier alpha value is -3.06. The fraction of sp³-hybridized carbons (Fsp3) is 0.548. The molecule has 0 aliphatic carbocycles. The molecule has 0 N–H and O–H groups in total. The monoisotopic (exact) mass is 521 g/mol. The van der Waals surface area contributed by atoms with Gasteiger partial charge in [-0.1, -0.05) is 18.6 Å². The van der Waals surface area contributed by atoms with E-state index in [0.29, 0.717) is 6.04 Å². The number of rotatable bonds is 4. The summed E-state index contributed by atoms with van der Waals surface area (Å²) in [5.74, 6) is 1.11. The number of piperidine rings is 2. The van der Waals surface area contributed by atoms with Crippen LogP contribution in [-0.4, -0.2) is 55.3 Å². The van der Waals surface area contributed by atoms with E-state index >= 15 is 0 Å². The average Bonchev–Trinajstić information content (AvgIpc) is 2.90. The number of fused-ring (bicyclic) bond motifs is 6. The molecule has 7 heteroatoms. The summed E-state index contributed by atoms with van der Waals surface area (Å²) in [6.07, 6.45) is 6.89. The van der Waals surface area contributed by atoms with Gasteiger partial charge in [0, 0.05) is 55.9 Å². The van der Waals surface area contributed by atoms with Crippen LogP contribution in [0, 0.1) is 0 Å². The molecular weight excluding hydrogens is 482 g/mol. The molecule has 3 heterocycles. The summed E-state index contributed by atoms with van der Waals surface area (Å²) in [5.41, 5.74) is 4.30. The van der Waals surface area contributed by atoms with Crippen LogP contribution in [0.1, 0.15) is 76.0 Å². The van der Waals surface area contributed by atoms with Gasteiger partial charge >= 0.3 is 11.9 Å². The molecular formula is C31H39NO6. The van der Waals surface area contributed by atoms with Crippen LogP contribution in [0.15, 0.2) is 36.4 Å². The van der Waals surface area contributed by atoms with Crippen LogP contribution in [0.4, 0.5) is 0 Å². The number of esters is 2. The van der Waals surface area contributed by atoms with E-state index in [-0.39, 0.29) is 36.2 Å². The predicted molar refractivity (Wildman–Crippen MR) is 144 cm³/mol. The van der Waals surface area contributed by atoms with Gasteiger partial charge < -0.3 is 18.9 Å². The minimum Gasteiger partial charge on any atom is -0.496 e. The van der Waals surface area contributed by atoms with Crippen molar-refractivity contribution in [3.05, 3.63) is 47.5 Å². The third-order valence-corrected chi connectivity index (χ3v) is 8.42. The highest BCUT2D eigenvalue weighted by Gasteiger charge is 2.44. The summed E-state index contributed by atoms with van der Waals surface area (Å²) in [6.45, 7) is 3.00. The molecule has 3 aliphatic rings. The number of methoxy groups -OCH3 is 2. The molecule has 38 heavy (non-hydrogen) atoms. The van der Waals surface area contributed by atoms with Crippen molar-refractivity contribution in [3.8, 4) is 22.6 Å². The highest BCUT2D eigenvalue weighted by atomic mass is 16.5. The Kier molecular flexibility index (Phi) is 7.93. The topological polar surface area (TPSA) is 74.3 Å². The Morgan fingerprint density at radius 2 is 1.37 bits per heavy atom. The minimum absolute atomic E-state index is 0.0703. The number of nitrogens with zero attached hydrogens (tertiary/aromatic N) is 1. The second kappa shape index (κ2) is 11.4. The first-order valence-corrected chi connectivity index (χ1v) is 13.8. The van der Waals surface area contributed by atoms with E-state index < -0.39 is 0 Å². The lowest BCUT2D eigenvalue weighted by molar-refractivity contribution is -0.154. The molecule has 2 saturated heterocycles. The van der Waals surface area contributed by atoms with Gasteiger partial charge in [-0.05, 0) is 67.5 Å². The van der Waals surface area contributed by atoms with Crippen molar-refractivity contribution in [2.24, 2.45) is 0 Å². The molecule has 0 amide bonds. The smallest absolute Gasteiger partial charge is 0.302 e. The van der Waals surface area contributed by atoms with Gasteiger partial charge in [-0.15, -0.1) is 0 Å². The van der Waals surface area contributed by atoms with Crippen molar-refractivity contribution in [2.45, 2.75) is 95.5 Å². The summed E-state index contributed by atoms with van der Waals surface area (Å²) in [5, 5.41) is 0. The molecule has 4 bridgehead atoms. The maximum atomic E-state index is 12.1. The first-order chi connectivity index (χ1) is 18.4. The minimum atomic E-state index is -0.233. The molecule has 5 atom stereocenters. The molecule has 0 unspecified atom stereocenters. The molecule has 0 aromatic heterocycles. The average molecular weight is 522 g/mol. The Bertz CT molecular complexity index is 1180. The van der Waals surface area contributed by atoms with Crippen LogP contribution in [0.3, 0.4) is 0 Å². The molecule has 0 spiro atoms. The van der Waals surface area contributed by atoms with Gasteiger partial charge in [-0.3, -0.25) is 14.5 Å². The van der Waals surface area contributed by atoms with Crippen LogP contribution in [-0.2, 0) is 25.5 Å². The van der Waals surface area contributed by atoms with Gasteiger partial charge in [-0.2, -0.15) is 0 Å². The van der Waals surface area contributed by atoms with E-state index in [0.717, 1.165) is 74.0 Å². The zero-order valence-corrected chi connectivity index (χ0v) is 22.9. The SMILES string of the molecule is COc1ccc2cc1-c1cc(ccc1OC)[C@@H]1C[C@@H](OC(C)=O)C[C@@H]3CCC[C@H](C[C@@H](OC(C)=O)CC2)N31. The van der Waals surface area contributed by atoms with Gasteiger partial charge in [0.1, 0.15) is 23.7 Å². The van der Waals surface area contributed by atoms with Crippen molar-refractivity contribution < 1.29 is 28.5 Å². The van der Waals surface area contributed by atoms with Crippen molar-refractivity contribution in [2.75, 3.05) is 14.2 Å². The fourth-order valence-corrected chi connectivity index (χ4v) is 6.94. The highest BCUT2D eigenvalue weighted by Crippen LogP contribution is 2.46. The number of ether oxygens (including phenoxy) is 4. The van der Waals surface area contributed by atoms with Gasteiger partial charge in [0.15, 0.2) is 0 Å². The maximum Gasteiger partial charge on any atom is 0.302 e. The van der Waals surface area contributed by atoms with E-state index in [9.17, 15) is 9.59 Å². The number of carbonyl (C=O) groups excluding carboxylic acids is 2. The largest absolute Gasteiger partial charge is 0.496 e. The molecule has 2 aromatic rings. The number of hydrogen-bond donors (Lipinski definition) is 0. The maximum absolute atomic E-state index is 12.1. The third-order valence-electron chi connectivity index (χ3n) is 8.42. The van der Waals surface area contributed by atoms with E-state index in [1.807, 2.05) is 12.1 Å². The normalized spacial score (nSPS) is 27.0. The second-order valence-electron chi connectivity index (χ2n) is 10.9. The van der Waals surface area contributed by atoms with Crippen molar-refractivity contribution in [3.63, 3.8) is 0 Å². The molecule has 3 aliphatic heterocycles. The molecule has 2 aromatic carbocycles. The van der Waals surface area contributed by atoms with Crippen LogP contribution in [0.5, 0.6) is 11.5 Å². The van der Waals surface area contributed by atoms with Gasteiger partial charge in [0.05, 0.1) is 14.2 Å². The zero-order chi connectivity index (χ0) is 26.8.